The number of nitrogens with two attached hydrogens (primary N) is 1. The number of primary amides is 1. The van der Waals surface area contributed by atoms with Crippen molar-refractivity contribution >= 4 is 34.1 Å². The van der Waals surface area contributed by atoms with Gasteiger partial charge in [-0.3, -0.25) is 19.7 Å². The Morgan fingerprint density at radius 3 is 2.78 bits per heavy atom. The monoisotopic (exact) mass is 436 g/mol. The van der Waals surface area contributed by atoms with E-state index in [0.717, 1.165) is 10.8 Å². The van der Waals surface area contributed by atoms with E-state index in [-0.39, 0.29) is 18.2 Å². The van der Waals surface area contributed by atoms with Crippen LogP contribution in [0.5, 0.6) is 11.6 Å². The van der Waals surface area contributed by atoms with E-state index in [0.29, 0.717) is 25.1 Å². The van der Waals surface area contributed by atoms with Gasteiger partial charge in [-0.05, 0) is 24.3 Å². The number of nitro groups is 1. The van der Waals surface area contributed by atoms with Crippen LogP contribution >= 0.6 is 0 Å². The summed E-state index contributed by atoms with van der Waals surface area (Å²) in [5.41, 5.74) is 4.65. The molecule has 11 nitrogen and oxygen atoms in total. The summed E-state index contributed by atoms with van der Waals surface area (Å²) < 4.78 is 5.88. The number of ether oxygens (including phenoxy) is 1. The Morgan fingerprint density at radius 2 is 2.00 bits per heavy atom. The van der Waals surface area contributed by atoms with Crippen molar-refractivity contribution in [1.82, 2.24) is 15.3 Å². The molecule has 4 rings (SSSR count). The fourth-order valence-corrected chi connectivity index (χ4v) is 3.77. The standard InChI is InChI=1S/C21H20N6O5/c22-17(28)11-23-20(29)15-8-4-10-26(15)19-18(27(30)31)21(25-12-24-19)32-16-9-3-6-13-5-1-2-7-14(13)16/h1-3,5-7,9,12,15H,4,8,10-11H2,(H2,22,28)(H,23,29). The number of fused-ring (bicyclic) bond motifs is 1. The molecule has 11 heteroatoms. The smallest absolute Gasteiger partial charge is 0.373 e. The highest BCUT2D eigenvalue weighted by atomic mass is 16.6. The predicted molar refractivity (Wildman–Crippen MR) is 115 cm³/mol. The number of carbonyl (C=O) groups is 2. The van der Waals surface area contributed by atoms with E-state index in [2.05, 4.69) is 15.3 Å². The van der Waals surface area contributed by atoms with Crippen molar-refractivity contribution in [3.05, 3.63) is 58.9 Å². The first kappa shape index (κ1) is 21.0. The number of aromatic nitrogens is 2. The van der Waals surface area contributed by atoms with Gasteiger partial charge in [0, 0.05) is 11.9 Å². The average molecular weight is 436 g/mol. The summed E-state index contributed by atoms with van der Waals surface area (Å²) in [5, 5.41) is 16.1. The van der Waals surface area contributed by atoms with Gasteiger partial charge in [-0.25, -0.2) is 4.98 Å². The second-order valence-corrected chi connectivity index (χ2v) is 7.22. The Balaban J connectivity index is 1.70. The number of anilines is 1. The highest BCUT2D eigenvalue weighted by molar-refractivity contribution is 5.90. The lowest BCUT2D eigenvalue weighted by Gasteiger charge is -2.24. The molecule has 1 saturated heterocycles. The van der Waals surface area contributed by atoms with E-state index in [4.69, 9.17) is 10.5 Å². The first-order valence-corrected chi connectivity index (χ1v) is 9.93. The first-order chi connectivity index (χ1) is 15.5. The zero-order chi connectivity index (χ0) is 22.7. The summed E-state index contributed by atoms with van der Waals surface area (Å²) >= 11 is 0. The molecule has 3 N–H and O–H groups in total. The number of benzene rings is 2. The summed E-state index contributed by atoms with van der Waals surface area (Å²) in [6.45, 7) is 0.0602. The van der Waals surface area contributed by atoms with E-state index in [1.807, 2.05) is 30.3 Å². The van der Waals surface area contributed by atoms with Crippen LogP contribution in [0.15, 0.2) is 48.8 Å². The zero-order valence-electron chi connectivity index (χ0n) is 16.9. The van der Waals surface area contributed by atoms with Gasteiger partial charge in [-0.2, -0.15) is 4.98 Å². The highest BCUT2D eigenvalue weighted by Crippen LogP contribution is 2.40. The minimum atomic E-state index is -0.728. The van der Waals surface area contributed by atoms with Crippen molar-refractivity contribution in [1.29, 1.82) is 0 Å². The molecular formula is C21H20N6O5. The van der Waals surface area contributed by atoms with Crippen molar-refractivity contribution in [2.75, 3.05) is 18.0 Å². The molecule has 0 bridgehead atoms. The molecule has 1 aliphatic rings. The highest BCUT2D eigenvalue weighted by Gasteiger charge is 2.38. The van der Waals surface area contributed by atoms with Crippen LogP contribution in [0, 0.1) is 10.1 Å². The maximum atomic E-state index is 12.5. The molecule has 1 aromatic heterocycles. The molecule has 3 aromatic rings. The number of rotatable bonds is 7. The Kier molecular flexibility index (Phi) is 5.79. The Hall–Kier alpha value is -4.28. The second-order valence-electron chi connectivity index (χ2n) is 7.22. The van der Waals surface area contributed by atoms with Crippen LogP contribution in [-0.4, -0.2) is 45.8 Å². The van der Waals surface area contributed by atoms with Crippen LogP contribution in [0.1, 0.15) is 12.8 Å². The summed E-state index contributed by atoms with van der Waals surface area (Å²) in [4.78, 5) is 44.5. The summed E-state index contributed by atoms with van der Waals surface area (Å²) in [6, 6.07) is 12.1. The second kappa shape index (κ2) is 8.84. The Bertz CT molecular complexity index is 1200. The van der Waals surface area contributed by atoms with Crippen LogP contribution < -0.4 is 20.7 Å². The van der Waals surface area contributed by atoms with Gasteiger partial charge >= 0.3 is 11.6 Å². The van der Waals surface area contributed by atoms with Crippen molar-refractivity contribution in [2.45, 2.75) is 18.9 Å². The molecular weight excluding hydrogens is 416 g/mol. The quantitative estimate of drug-likeness (QED) is 0.420. The van der Waals surface area contributed by atoms with Gasteiger partial charge in [0.1, 0.15) is 18.1 Å². The lowest BCUT2D eigenvalue weighted by atomic mass is 10.1. The molecule has 1 atom stereocenters. The normalized spacial score (nSPS) is 15.5. The van der Waals surface area contributed by atoms with Crippen LogP contribution in [0.4, 0.5) is 11.5 Å². The largest absolute Gasteiger partial charge is 0.433 e. The molecule has 0 saturated carbocycles. The number of amides is 2. The average Bonchev–Trinajstić information content (AvgIpc) is 3.27. The number of nitrogens with zero attached hydrogens (tertiary/aromatic N) is 4. The van der Waals surface area contributed by atoms with Crippen LogP contribution in [0.25, 0.3) is 10.8 Å². The van der Waals surface area contributed by atoms with Crippen molar-refractivity contribution in [3.8, 4) is 11.6 Å². The van der Waals surface area contributed by atoms with E-state index in [1.165, 1.54) is 11.2 Å². The van der Waals surface area contributed by atoms with Gasteiger partial charge in [0.15, 0.2) is 0 Å². The molecule has 1 aliphatic heterocycles. The number of hydrogen-bond donors (Lipinski definition) is 2. The van der Waals surface area contributed by atoms with Crippen molar-refractivity contribution in [2.24, 2.45) is 5.73 Å². The molecule has 164 valence electrons. The number of carbonyl (C=O) groups excluding carboxylic acids is 2. The van der Waals surface area contributed by atoms with E-state index < -0.39 is 28.5 Å². The maximum Gasteiger partial charge on any atom is 0.373 e. The van der Waals surface area contributed by atoms with Gasteiger partial charge < -0.3 is 20.7 Å². The van der Waals surface area contributed by atoms with Crippen LogP contribution in [0.3, 0.4) is 0 Å². The molecule has 0 aliphatic carbocycles. The van der Waals surface area contributed by atoms with Crippen molar-refractivity contribution in [3.63, 3.8) is 0 Å². The number of nitrogens with one attached hydrogen (secondary N) is 1. The molecule has 0 spiro atoms. The Labute approximate surface area is 182 Å². The van der Waals surface area contributed by atoms with E-state index >= 15 is 0 Å². The molecule has 2 heterocycles. The van der Waals surface area contributed by atoms with Gasteiger partial charge in [-0.1, -0.05) is 36.4 Å². The molecule has 2 aromatic carbocycles. The topological polar surface area (TPSA) is 154 Å². The van der Waals surface area contributed by atoms with Gasteiger partial charge in [0.25, 0.3) is 0 Å². The van der Waals surface area contributed by atoms with E-state index in [9.17, 15) is 19.7 Å². The fourth-order valence-electron chi connectivity index (χ4n) is 3.77. The third-order valence-corrected chi connectivity index (χ3v) is 5.17. The van der Waals surface area contributed by atoms with Gasteiger partial charge in [0.2, 0.25) is 17.6 Å². The molecule has 1 fully saturated rings. The molecule has 1 unspecified atom stereocenters. The molecule has 0 radical (unpaired) electrons. The predicted octanol–water partition coefficient (Wildman–Crippen LogP) is 1.90. The van der Waals surface area contributed by atoms with Gasteiger partial charge in [0.05, 0.1) is 11.5 Å². The first-order valence-electron chi connectivity index (χ1n) is 9.93. The summed E-state index contributed by atoms with van der Waals surface area (Å²) in [7, 11) is 0. The minimum Gasteiger partial charge on any atom is -0.433 e. The van der Waals surface area contributed by atoms with Crippen LogP contribution in [0.2, 0.25) is 0 Å². The molecule has 2 amide bonds. The summed E-state index contributed by atoms with van der Waals surface area (Å²) in [6.07, 6.45) is 2.24. The van der Waals surface area contributed by atoms with Gasteiger partial charge in [-0.15, -0.1) is 0 Å². The fraction of sp³-hybridized carbons (Fsp3) is 0.238. The summed E-state index contributed by atoms with van der Waals surface area (Å²) in [5.74, 6) is -0.961. The van der Waals surface area contributed by atoms with Crippen molar-refractivity contribution < 1.29 is 19.2 Å². The third kappa shape index (κ3) is 4.13. The Morgan fingerprint density at radius 1 is 1.22 bits per heavy atom. The lowest BCUT2D eigenvalue weighted by molar-refractivity contribution is -0.385. The maximum absolute atomic E-state index is 12.5. The molecule has 32 heavy (non-hydrogen) atoms. The van der Waals surface area contributed by atoms with E-state index in [1.54, 1.807) is 12.1 Å². The van der Waals surface area contributed by atoms with Crippen LogP contribution in [-0.2, 0) is 9.59 Å². The third-order valence-electron chi connectivity index (χ3n) is 5.17. The number of hydrogen-bond acceptors (Lipinski definition) is 8. The lowest BCUT2D eigenvalue weighted by Crippen LogP contribution is -2.46. The minimum absolute atomic E-state index is 0.0167. The zero-order valence-corrected chi connectivity index (χ0v) is 16.9. The SMILES string of the molecule is NC(=O)CNC(=O)C1CCCN1c1ncnc(Oc2cccc3ccccc23)c1[N+](=O)[O-].